The molecule has 0 unspecified atom stereocenters. The van der Waals surface area contributed by atoms with E-state index in [2.05, 4.69) is 163 Å². The molecule has 4 nitrogen and oxygen atoms in total. The van der Waals surface area contributed by atoms with Gasteiger partial charge in [0, 0.05) is 34.5 Å². The Kier molecular flexibility index (Phi) is 8.47. The number of hydrogen-bond acceptors (Lipinski definition) is 4. The van der Waals surface area contributed by atoms with Gasteiger partial charge in [0.05, 0.1) is 0 Å². The minimum atomic E-state index is 0.635. The first kappa shape index (κ1) is 33.0. The molecular formula is C52H34N4. The minimum absolute atomic E-state index is 0.635. The summed E-state index contributed by atoms with van der Waals surface area (Å²) in [6, 6.07) is 68.1. The van der Waals surface area contributed by atoms with Crippen LogP contribution in [0.3, 0.4) is 0 Å². The van der Waals surface area contributed by atoms with Crippen molar-refractivity contribution in [1.82, 2.24) is 19.9 Å². The summed E-state index contributed by atoms with van der Waals surface area (Å²) < 4.78 is 0. The molecule has 0 aliphatic rings. The van der Waals surface area contributed by atoms with Crippen molar-refractivity contribution in [1.29, 1.82) is 0 Å². The smallest absolute Gasteiger partial charge is 0.164 e. The molecule has 10 rings (SSSR count). The first-order valence-electron chi connectivity index (χ1n) is 18.8. The predicted octanol–water partition coefficient (Wildman–Crippen LogP) is 13.2. The Bertz CT molecular complexity index is 2980. The maximum atomic E-state index is 5.02. The molecule has 0 fully saturated rings. The van der Waals surface area contributed by atoms with Gasteiger partial charge in [0.2, 0.25) is 0 Å². The summed E-state index contributed by atoms with van der Waals surface area (Å²) in [7, 11) is 0. The Hall–Kier alpha value is -7.56. The Morgan fingerprint density at radius 2 is 0.661 bits per heavy atom. The van der Waals surface area contributed by atoms with Gasteiger partial charge in [-0.2, -0.15) is 0 Å². The van der Waals surface area contributed by atoms with Gasteiger partial charge in [-0.3, -0.25) is 4.98 Å². The maximum Gasteiger partial charge on any atom is 0.164 e. The molecule has 0 atom stereocenters. The molecule has 10 aromatic rings. The third-order valence-corrected chi connectivity index (χ3v) is 10.4. The second kappa shape index (κ2) is 14.3. The molecule has 0 saturated heterocycles. The van der Waals surface area contributed by atoms with Crippen LogP contribution in [0.2, 0.25) is 0 Å². The number of benzene rings is 8. The van der Waals surface area contributed by atoms with Crippen LogP contribution >= 0.6 is 0 Å². The highest BCUT2D eigenvalue weighted by atomic mass is 15.0. The van der Waals surface area contributed by atoms with Crippen molar-refractivity contribution in [2.75, 3.05) is 0 Å². The molecule has 0 N–H and O–H groups in total. The Labute approximate surface area is 325 Å². The van der Waals surface area contributed by atoms with Crippen LogP contribution in [0.4, 0.5) is 0 Å². The van der Waals surface area contributed by atoms with Crippen LogP contribution in [0.1, 0.15) is 0 Å². The molecule has 0 aliphatic heterocycles. The lowest BCUT2D eigenvalue weighted by molar-refractivity contribution is 1.07. The number of pyridine rings is 1. The highest BCUT2D eigenvalue weighted by molar-refractivity contribution is 6.08. The lowest BCUT2D eigenvalue weighted by Crippen LogP contribution is -2.00. The molecular weight excluding hydrogens is 681 g/mol. The average Bonchev–Trinajstić information content (AvgIpc) is 3.29. The van der Waals surface area contributed by atoms with E-state index >= 15 is 0 Å². The normalized spacial score (nSPS) is 11.2. The first-order valence-corrected chi connectivity index (χ1v) is 18.8. The molecule has 0 saturated carbocycles. The Morgan fingerprint density at radius 3 is 1.27 bits per heavy atom. The van der Waals surface area contributed by atoms with E-state index in [9.17, 15) is 0 Å². The molecule has 4 heteroatoms. The van der Waals surface area contributed by atoms with Crippen molar-refractivity contribution in [2.24, 2.45) is 0 Å². The van der Waals surface area contributed by atoms with Crippen LogP contribution in [0.5, 0.6) is 0 Å². The Morgan fingerprint density at radius 1 is 0.250 bits per heavy atom. The molecule has 0 amide bonds. The summed E-state index contributed by atoms with van der Waals surface area (Å²) in [5.74, 6) is 1.92. The van der Waals surface area contributed by atoms with Gasteiger partial charge >= 0.3 is 0 Å². The van der Waals surface area contributed by atoms with E-state index in [0.717, 1.165) is 33.4 Å². The highest BCUT2D eigenvalue weighted by Gasteiger charge is 2.14. The van der Waals surface area contributed by atoms with Gasteiger partial charge in [0.25, 0.3) is 0 Å². The molecule has 56 heavy (non-hydrogen) atoms. The molecule has 0 radical (unpaired) electrons. The molecule has 2 heterocycles. The lowest BCUT2D eigenvalue weighted by Gasteiger charge is -2.11. The first-order chi connectivity index (χ1) is 27.7. The van der Waals surface area contributed by atoms with E-state index in [1.54, 1.807) is 0 Å². The van der Waals surface area contributed by atoms with Crippen LogP contribution in [-0.4, -0.2) is 19.9 Å². The predicted molar refractivity (Wildman–Crippen MR) is 231 cm³/mol. The fourth-order valence-corrected chi connectivity index (χ4v) is 7.42. The third-order valence-electron chi connectivity index (χ3n) is 10.4. The molecule has 0 spiro atoms. The van der Waals surface area contributed by atoms with Crippen LogP contribution in [-0.2, 0) is 0 Å². The van der Waals surface area contributed by atoms with Gasteiger partial charge in [0.15, 0.2) is 17.5 Å². The summed E-state index contributed by atoms with van der Waals surface area (Å²) >= 11 is 0. The zero-order valence-corrected chi connectivity index (χ0v) is 30.4. The van der Waals surface area contributed by atoms with Gasteiger partial charge in [-0.15, -0.1) is 0 Å². The number of fused-ring (bicyclic) bond motifs is 3. The van der Waals surface area contributed by atoms with Crippen LogP contribution < -0.4 is 0 Å². The lowest BCUT2D eigenvalue weighted by atomic mass is 9.96. The van der Waals surface area contributed by atoms with Crippen molar-refractivity contribution >= 4 is 21.5 Å². The van der Waals surface area contributed by atoms with E-state index < -0.39 is 0 Å². The van der Waals surface area contributed by atoms with Crippen LogP contribution in [0, 0.1) is 0 Å². The SMILES string of the molecule is c1ccc(-c2ccc(-c3nc(-c4ccccc4)nc(-c4cccc(-c5ccc(-c6ccc(-c7ccc8c(ccc9ccncc98)c7)cc6)cc5)c4)n3)cc2)cc1. The van der Waals surface area contributed by atoms with Crippen LogP contribution in [0.25, 0.3) is 100 Å². The topological polar surface area (TPSA) is 51.6 Å². The largest absolute Gasteiger partial charge is 0.264 e. The van der Waals surface area contributed by atoms with E-state index in [-0.39, 0.29) is 0 Å². The zero-order chi connectivity index (χ0) is 37.3. The Balaban J connectivity index is 0.925. The highest BCUT2D eigenvalue weighted by Crippen LogP contribution is 2.33. The number of aromatic nitrogens is 4. The van der Waals surface area contributed by atoms with E-state index in [1.807, 2.05) is 48.8 Å². The van der Waals surface area contributed by atoms with Gasteiger partial charge in [-0.05, 0) is 78.9 Å². The zero-order valence-electron chi connectivity index (χ0n) is 30.4. The standard InChI is InChI=1S/C52H34N4/c1-3-8-35(9-4-1)36-22-25-43(26-23-36)51-54-50(42-10-5-2-6-11-42)55-52(56-51)47-13-7-12-44(33-47)39-18-14-37(15-19-39)38-16-20-40(21-17-38)45-28-29-48-46(32-45)27-24-41-30-31-53-34-49(41)48/h1-34H. The molecule has 262 valence electrons. The van der Waals surface area contributed by atoms with Gasteiger partial charge in [-0.25, -0.2) is 15.0 Å². The van der Waals surface area contributed by atoms with E-state index in [1.165, 1.54) is 49.4 Å². The van der Waals surface area contributed by atoms with Crippen molar-refractivity contribution in [3.05, 3.63) is 207 Å². The van der Waals surface area contributed by atoms with Crippen molar-refractivity contribution in [3.63, 3.8) is 0 Å². The molecule has 0 bridgehead atoms. The average molecular weight is 715 g/mol. The number of rotatable bonds is 7. The van der Waals surface area contributed by atoms with E-state index in [4.69, 9.17) is 15.0 Å². The summed E-state index contributed by atoms with van der Waals surface area (Å²) in [4.78, 5) is 19.3. The monoisotopic (exact) mass is 714 g/mol. The van der Waals surface area contributed by atoms with Gasteiger partial charge in [0.1, 0.15) is 0 Å². The number of nitrogens with zero attached hydrogens (tertiary/aromatic N) is 4. The van der Waals surface area contributed by atoms with Crippen molar-refractivity contribution < 1.29 is 0 Å². The summed E-state index contributed by atoms with van der Waals surface area (Å²) in [6.45, 7) is 0. The second-order valence-corrected chi connectivity index (χ2v) is 13.9. The minimum Gasteiger partial charge on any atom is -0.264 e. The summed E-state index contributed by atoms with van der Waals surface area (Å²) in [5.41, 5.74) is 12.1. The van der Waals surface area contributed by atoms with Crippen molar-refractivity contribution in [2.45, 2.75) is 0 Å². The third kappa shape index (κ3) is 6.50. The van der Waals surface area contributed by atoms with Gasteiger partial charge < -0.3 is 0 Å². The second-order valence-electron chi connectivity index (χ2n) is 13.9. The van der Waals surface area contributed by atoms with Gasteiger partial charge in [-0.1, -0.05) is 176 Å². The summed E-state index contributed by atoms with van der Waals surface area (Å²) in [5, 5.41) is 4.83. The molecule has 8 aromatic carbocycles. The van der Waals surface area contributed by atoms with Crippen molar-refractivity contribution in [3.8, 4) is 78.7 Å². The van der Waals surface area contributed by atoms with Crippen LogP contribution in [0.15, 0.2) is 207 Å². The summed E-state index contributed by atoms with van der Waals surface area (Å²) in [6.07, 6.45) is 3.80. The molecule has 0 aliphatic carbocycles. The number of hydrogen-bond donors (Lipinski definition) is 0. The van der Waals surface area contributed by atoms with E-state index in [0.29, 0.717) is 17.5 Å². The maximum absolute atomic E-state index is 5.02. The fourth-order valence-electron chi connectivity index (χ4n) is 7.42. The fraction of sp³-hybridized carbons (Fsp3) is 0. The quantitative estimate of drug-likeness (QED) is 0.154. The molecule has 2 aromatic heterocycles.